The van der Waals surface area contributed by atoms with E-state index < -0.39 is 5.41 Å². The van der Waals surface area contributed by atoms with Crippen molar-refractivity contribution < 1.29 is 9.90 Å². The van der Waals surface area contributed by atoms with E-state index in [-0.39, 0.29) is 18.9 Å². The van der Waals surface area contributed by atoms with Gasteiger partial charge in [-0.3, -0.25) is 9.69 Å². The zero-order valence-corrected chi connectivity index (χ0v) is 21.8. The van der Waals surface area contributed by atoms with Gasteiger partial charge in [0.05, 0.1) is 26.0 Å². The zero-order chi connectivity index (χ0) is 27.7. The Labute approximate surface area is 230 Å². The van der Waals surface area contributed by atoms with E-state index >= 15 is 0 Å². The van der Waals surface area contributed by atoms with Gasteiger partial charge in [0.2, 0.25) is 5.91 Å². The molecule has 40 heavy (non-hydrogen) atoms. The van der Waals surface area contributed by atoms with E-state index in [1.54, 1.807) is 23.4 Å². The average Bonchev–Trinajstić information content (AvgIpc) is 3.44. The van der Waals surface area contributed by atoms with Crippen LogP contribution in [-0.2, 0) is 29.9 Å². The Bertz CT molecular complexity index is 1680. The van der Waals surface area contributed by atoms with Gasteiger partial charge in [0.25, 0.3) is 0 Å². The first-order valence-electron chi connectivity index (χ1n) is 12.9. The van der Waals surface area contributed by atoms with Crippen LogP contribution in [-0.4, -0.2) is 37.6 Å². The molecule has 1 N–H and O–H groups in total. The molecule has 1 fully saturated rings. The summed E-state index contributed by atoms with van der Waals surface area (Å²) in [5.41, 5.74) is 13.7. The summed E-state index contributed by atoms with van der Waals surface area (Å²) in [6.07, 6.45) is 3.40. The summed E-state index contributed by atoms with van der Waals surface area (Å²) in [5, 5.41) is 13.3. The van der Waals surface area contributed by atoms with Crippen LogP contribution in [0, 0.1) is 6.92 Å². The number of hydrogen-bond acceptors (Lipinski definition) is 6. The number of hydrogen-bond donors (Lipinski definition) is 1. The fraction of sp³-hybridized carbons (Fsp3) is 0.200. The molecule has 2 aliphatic heterocycles. The zero-order valence-electron chi connectivity index (χ0n) is 21.8. The van der Waals surface area contributed by atoms with Crippen molar-refractivity contribution in [3.8, 4) is 0 Å². The molecule has 1 atom stereocenters. The van der Waals surface area contributed by atoms with Crippen LogP contribution in [0.15, 0.2) is 94.2 Å². The van der Waals surface area contributed by atoms with E-state index in [2.05, 4.69) is 10.0 Å². The van der Waals surface area contributed by atoms with Gasteiger partial charge in [-0.05, 0) is 34.7 Å². The SMILES string of the molecule is Cc1ccc(CN2C(=O)CC3(c4ccc(CO)cc4)C2=NC=Nc2c3ncn2Cc2ccc(N=[N+]=[N-])cc2)cc1. The molecule has 0 aliphatic carbocycles. The first-order chi connectivity index (χ1) is 19.5. The largest absolute Gasteiger partial charge is 0.392 e. The lowest BCUT2D eigenvalue weighted by Gasteiger charge is -2.29. The minimum atomic E-state index is -0.946. The van der Waals surface area contributed by atoms with E-state index in [9.17, 15) is 9.90 Å². The highest BCUT2D eigenvalue weighted by molar-refractivity contribution is 6.16. The molecule has 0 saturated carbocycles. The van der Waals surface area contributed by atoms with E-state index in [4.69, 9.17) is 20.5 Å². The third kappa shape index (κ3) is 4.35. The predicted octanol–water partition coefficient (Wildman–Crippen LogP) is 5.46. The molecule has 3 heterocycles. The molecule has 1 aromatic heterocycles. The summed E-state index contributed by atoms with van der Waals surface area (Å²) < 4.78 is 1.93. The maximum atomic E-state index is 13.7. The number of amidine groups is 1. The molecule has 10 nitrogen and oxygen atoms in total. The number of amides is 1. The number of aryl methyl sites for hydroxylation is 1. The number of carbonyl (C=O) groups is 1. The molecule has 0 spiro atoms. The maximum Gasteiger partial charge on any atom is 0.230 e. The number of benzene rings is 3. The third-order valence-electron chi connectivity index (χ3n) is 7.47. The summed E-state index contributed by atoms with van der Waals surface area (Å²) in [4.78, 5) is 32.6. The number of aliphatic hydroxyl groups is 1. The minimum absolute atomic E-state index is 0.0463. The molecule has 6 rings (SSSR count). The molecular formula is C30H26N8O2. The summed E-state index contributed by atoms with van der Waals surface area (Å²) in [7, 11) is 0. The monoisotopic (exact) mass is 530 g/mol. The van der Waals surface area contributed by atoms with Gasteiger partial charge in [-0.25, -0.2) is 15.0 Å². The van der Waals surface area contributed by atoms with Crippen molar-refractivity contribution in [3.05, 3.63) is 123 Å². The Morgan fingerprint density at radius 3 is 2.35 bits per heavy atom. The molecule has 1 amide bonds. The van der Waals surface area contributed by atoms with Gasteiger partial charge in [0, 0.05) is 17.0 Å². The van der Waals surface area contributed by atoms with E-state index in [1.165, 1.54) is 6.34 Å². The average molecular weight is 531 g/mol. The summed E-state index contributed by atoms with van der Waals surface area (Å²) in [6.45, 7) is 2.82. The number of likely N-dealkylation sites (tertiary alicyclic amines) is 1. The highest BCUT2D eigenvalue weighted by atomic mass is 16.3. The number of nitrogens with zero attached hydrogens (tertiary/aromatic N) is 8. The van der Waals surface area contributed by atoms with Gasteiger partial charge in [0.15, 0.2) is 5.82 Å². The molecule has 3 aromatic carbocycles. The van der Waals surface area contributed by atoms with Gasteiger partial charge in [-0.2, -0.15) is 0 Å². The Hall–Kier alpha value is -5.05. The maximum absolute atomic E-state index is 13.7. The van der Waals surface area contributed by atoms with Crippen LogP contribution >= 0.6 is 0 Å². The van der Waals surface area contributed by atoms with Gasteiger partial charge >= 0.3 is 0 Å². The van der Waals surface area contributed by atoms with E-state index in [0.29, 0.717) is 36.1 Å². The number of aliphatic hydroxyl groups excluding tert-OH is 1. The van der Waals surface area contributed by atoms with E-state index in [0.717, 1.165) is 27.8 Å². The molecular weight excluding hydrogens is 504 g/mol. The second-order valence-corrected chi connectivity index (χ2v) is 10.0. The third-order valence-corrected chi connectivity index (χ3v) is 7.47. The van der Waals surface area contributed by atoms with Crippen LogP contribution < -0.4 is 0 Å². The highest BCUT2D eigenvalue weighted by Crippen LogP contribution is 2.47. The van der Waals surface area contributed by atoms with Crippen LogP contribution in [0.2, 0.25) is 0 Å². The predicted molar refractivity (Wildman–Crippen MR) is 152 cm³/mol. The van der Waals surface area contributed by atoms with Gasteiger partial charge in [-0.1, -0.05) is 83.5 Å². The minimum Gasteiger partial charge on any atom is -0.392 e. The molecule has 198 valence electrons. The second-order valence-electron chi connectivity index (χ2n) is 10.0. The fourth-order valence-electron chi connectivity index (χ4n) is 5.40. The molecule has 4 aromatic rings. The van der Waals surface area contributed by atoms with Crippen molar-refractivity contribution >= 4 is 29.6 Å². The molecule has 1 unspecified atom stereocenters. The van der Waals surface area contributed by atoms with Crippen molar-refractivity contribution in [1.82, 2.24) is 14.5 Å². The van der Waals surface area contributed by atoms with Crippen LogP contribution in [0.3, 0.4) is 0 Å². The number of aromatic nitrogens is 2. The molecule has 0 bridgehead atoms. The van der Waals surface area contributed by atoms with Crippen molar-refractivity contribution in [1.29, 1.82) is 0 Å². The molecule has 2 aliphatic rings. The Balaban J connectivity index is 1.44. The fourth-order valence-corrected chi connectivity index (χ4v) is 5.40. The molecule has 0 radical (unpaired) electrons. The second kappa shape index (κ2) is 10.3. The standard InChI is InChI=1S/C30H26N8O2/c1-20-2-4-22(5-3-20)16-38-26(40)14-30(24-10-6-23(17-39)7-11-24)27-28(32-18-33-29(30)38)37(19-34-27)15-21-8-12-25(13-9-21)35-36-31/h2-13,18-19,39H,14-17H2,1H3. The van der Waals surface area contributed by atoms with E-state index in [1.807, 2.05) is 72.2 Å². The smallest absolute Gasteiger partial charge is 0.230 e. The van der Waals surface area contributed by atoms with Crippen molar-refractivity contribution in [3.63, 3.8) is 0 Å². The van der Waals surface area contributed by atoms with Crippen molar-refractivity contribution in [2.24, 2.45) is 15.1 Å². The number of rotatable bonds is 7. The lowest BCUT2D eigenvalue weighted by Crippen LogP contribution is -2.39. The Morgan fingerprint density at radius 1 is 0.975 bits per heavy atom. The van der Waals surface area contributed by atoms with Crippen LogP contribution in [0.4, 0.5) is 11.5 Å². The summed E-state index contributed by atoms with van der Waals surface area (Å²) in [5.74, 6) is 1.16. The summed E-state index contributed by atoms with van der Waals surface area (Å²) in [6, 6.07) is 23.0. The van der Waals surface area contributed by atoms with Crippen molar-refractivity contribution in [2.45, 2.75) is 38.5 Å². The van der Waals surface area contributed by atoms with Gasteiger partial charge in [0.1, 0.15) is 23.3 Å². The number of azide groups is 1. The van der Waals surface area contributed by atoms with Crippen molar-refractivity contribution in [2.75, 3.05) is 0 Å². The number of fused-ring (bicyclic) bond motifs is 3. The molecule has 10 heteroatoms. The number of carbonyl (C=O) groups excluding carboxylic acids is 1. The normalized spacial score (nSPS) is 17.6. The van der Waals surface area contributed by atoms with Gasteiger partial charge in [-0.15, -0.1) is 0 Å². The lowest BCUT2D eigenvalue weighted by atomic mass is 9.75. The number of aliphatic imine (C=N–C) groups is 2. The Kier molecular flexibility index (Phi) is 6.47. The first kappa shape index (κ1) is 25.2. The summed E-state index contributed by atoms with van der Waals surface area (Å²) >= 11 is 0. The van der Waals surface area contributed by atoms with Crippen LogP contribution in [0.1, 0.15) is 39.9 Å². The topological polar surface area (TPSA) is 132 Å². The highest BCUT2D eigenvalue weighted by Gasteiger charge is 2.55. The van der Waals surface area contributed by atoms with Crippen LogP contribution in [0.25, 0.3) is 10.4 Å². The lowest BCUT2D eigenvalue weighted by molar-refractivity contribution is -0.126. The van der Waals surface area contributed by atoms with Gasteiger partial charge < -0.3 is 9.67 Å². The quantitative estimate of drug-likeness (QED) is 0.193. The van der Waals surface area contributed by atoms with Crippen LogP contribution in [0.5, 0.6) is 0 Å². The number of imidazole rings is 1. The molecule has 1 saturated heterocycles. The first-order valence-corrected chi connectivity index (χ1v) is 12.9. The Morgan fingerprint density at radius 2 is 1.65 bits per heavy atom.